The fourth-order valence-corrected chi connectivity index (χ4v) is 9.17. The van der Waals surface area contributed by atoms with E-state index in [1.165, 1.54) is 24.6 Å². The molecular weight excluding hydrogens is 537 g/mol. The van der Waals surface area contributed by atoms with Gasteiger partial charge in [0.25, 0.3) is 0 Å². The van der Waals surface area contributed by atoms with Crippen molar-refractivity contribution in [2.24, 2.45) is 0 Å². The van der Waals surface area contributed by atoms with Crippen molar-refractivity contribution in [3.05, 3.63) is 11.5 Å². The van der Waals surface area contributed by atoms with E-state index in [0.717, 1.165) is 18.2 Å². The highest BCUT2D eigenvalue weighted by molar-refractivity contribution is 8.05. The van der Waals surface area contributed by atoms with Crippen LogP contribution in [-0.2, 0) is 23.3 Å². The quantitative estimate of drug-likeness (QED) is 0.313. The molecule has 4 heterocycles. The fraction of sp³-hybridized carbons (Fsp3) is 0.792. The number of nitrogens with one attached hydrogen (secondary N) is 1. The topological polar surface area (TPSA) is 110 Å². The van der Waals surface area contributed by atoms with E-state index in [4.69, 9.17) is 30.3 Å². The first-order chi connectivity index (χ1) is 17.3. The van der Waals surface area contributed by atoms with Crippen molar-refractivity contribution in [1.29, 1.82) is 0 Å². The minimum atomic E-state index is -2.76. The third kappa shape index (κ3) is 6.29. The third-order valence-corrected chi connectivity index (χ3v) is 10.8. The van der Waals surface area contributed by atoms with Gasteiger partial charge in [0.2, 0.25) is 12.7 Å². The van der Waals surface area contributed by atoms with Crippen molar-refractivity contribution in [2.75, 3.05) is 23.2 Å². The summed E-state index contributed by atoms with van der Waals surface area (Å²) in [4.78, 5) is 8.95. The highest BCUT2D eigenvalue weighted by atomic mass is 35.5. The Balaban J connectivity index is 1.36. The Morgan fingerprint density at radius 2 is 1.95 bits per heavy atom. The van der Waals surface area contributed by atoms with Crippen LogP contribution in [0.15, 0.2) is 6.20 Å². The minimum absolute atomic E-state index is 0.151. The zero-order valence-corrected chi connectivity index (χ0v) is 24.7. The number of anilines is 1. The summed E-state index contributed by atoms with van der Waals surface area (Å²) in [6.45, 7) is 11.2. The molecule has 1 N–H and O–H groups in total. The van der Waals surface area contributed by atoms with E-state index >= 15 is 0 Å². The highest BCUT2D eigenvalue weighted by Crippen LogP contribution is 2.50. The second kappa shape index (κ2) is 10.2. The highest BCUT2D eigenvalue weighted by Gasteiger charge is 2.56. The smallest absolute Gasteiger partial charge is 0.226 e. The van der Waals surface area contributed by atoms with E-state index in [2.05, 4.69) is 20.4 Å². The summed E-state index contributed by atoms with van der Waals surface area (Å²) in [5, 5.41) is 9.11. The molecule has 2 aromatic rings. The number of halogens is 1. The van der Waals surface area contributed by atoms with Gasteiger partial charge in [-0.25, -0.2) is 4.68 Å². The summed E-state index contributed by atoms with van der Waals surface area (Å²) in [7, 11) is -2.76. The number of thioether (sulfide) groups is 1. The first-order valence-corrected chi connectivity index (χ1v) is 16.6. The zero-order valence-electron chi connectivity index (χ0n) is 22.3. The van der Waals surface area contributed by atoms with Crippen LogP contribution in [0.4, 0.5) is 5.82 Å². The van der Waals surface area contributed by atoms with Crippen LogP contribution in [0.2, 0.25) is 5.28 Å². The van der Waals surface area contributed by atoms with Gasteiger partial charge in [-0.15, -0.1) is 11.8 Å². The molecule has 5 atom stereocenters. The van der Waals surface area contributed by atoms with Crippen LogP contribution in [-0.4, -0.2) is 73.4 Å². The van der Waals surface area contributed by atoms with E-state index in [0.29, 0.717) is 28.8 Å². The predicted octanol–water partition coefficient (Wildman–Crippen LogP) is 5.67. The molecule has 0 spiro atoms. The van der Waals surface area contributed by atoms with Crippen LogP contribution in [0.1, 0.15) is 66.5 Å². The summed E-state index contributed by atoms with van der Waals surface area (Å²) in [6, 6.07) is 0.371. The van der Waals surface area contributed by atoms with Crippen molar-refractivity contribution in [3.63, 3.8) is 0 Å². The van der Waals surface area contributed by atoms with Gasteiger partial charge >= 0.3 is 0 Å². The van der Waals surface area contributed by atoms with E-state index in [-0.39, 0.29) is 23.6 Å². The third-order valence-electron chi connectivity index (χ3n) is 6.56. The van der Waals surface area contributed by atoms with E-state index in [1.54, 1.807) is 17.5 Å². The van der Waals surface area contributed by atoms with Crippen molar-refractivity contribution >= 4 is 47.6 Å². The molecule has 2 aromatic heterocycles. The molecule has 0 radical (unpaired) electrons. The predicted molar refractivity (Wildman–Crippen MR) is 146 cm³/mol. The average molecular weight is 574 g/mol. The van der Waals surface area contributed by atoms with Gasteiger partial charge < -0.3 is 24.1 Å². The summed E-state index contributed by atoms with van der Waals surface area (Å²) < 4.78 is 39.5. The maximum atomic E-state index is 12.9. The number of nitrogens with zero attached hydrogens (tertiary/aromatic N) is 4. The second-order valence-corrected chi connectivity index (χ2v) is 16.0. The Morgan fingerprint density at radius 3 is 2.65 bits per heavy atom. The lowest BCUT2D eigenvalue weighted by Gasteiger charge is -2.26. The number of hydrogen-bond acceptors (Lipinski definition) is 10. The van der Waals surface area contributed by atoms with Crippen LogP contribution in [0, 0.1) is 0 Å². The molecule has 3 fully saturated rings. The molecule has 13 heteroatoms. The molecule has 2 saturated heterocycles. The molecule has 0 aromatic carbocycles. The lowest BCUT2D eigenvalue weighted by molar-refractivity contribution is -0.195. The fourth-order valence-electron chi connectivity index (χ4n) is 5.39. The molecule has 37 heavy (non-hydrogen) atoms. The Kier molecular flexibility index (Phi) is 7.64. The van der Waals surface area contributed by atoms with Crippen LogP contribution >= 0.6 is 30.7 Å². The summed E-state index contributed by atoms with van der Waals surface area (Å²) >= 11 is 7.88. The standard InChI is InChI=1S/C24H37ClN5O5PS/c1-23(2,3)35-36(6,31)13-37-12-16-17-18(34-24(4,5)33-17)21(32-16)30-20-15(11-26-30)19(28-22(25)29-20)27-14-9-7-8-10-14/h11,14,16-18,21H,7-10,12-13H2,1-6H3,(H,27,28,29)/t16-,17-,18-,21-,36?/m1/s1. The van der Waals surface area contributed by atoms with Crippen molar-refractivity contribution in [1.82, 2.24) is 19.7 Å². The van der Waals surface area contributed by atoms with Crippen molar-refractivity contribution in [2.45, 2.75) is 102 Å². The molecule has 3 aliphatic rings. The number of ether oxygens (including phenoxy) is 3. The lowest BCUT2D eigenvalue weighted by Crippen LogP contribution is -2.31. The van der Waals surface area contributed by atoms with Gasteiger partial charge in [0.05, 0.1) is 28.8 Å². The van der Waals surface area contributed by atoms with Crippen LogP contribution in [0.25, 0.3) is 11.0 Å². The van der Waals surface area contributed by atoms with Crippen molar-refractivity contribution < 1.29 is 23.3 Å². The number of fused-ring (bicyclic) bond motifs is 2. The molecule has 0 amide bonds. The summed E-state index contributed by atoms with van der Waals surface area (Å²) in [6.07, 6.45) is 4.85. The summed E-state index contributed by atoms with van der Waals surface area (Å²) in [5.74, 6) is 0.503. The molecule has 2 aliphatic heterocycles. The molecule has 1 saturated carbocycles. The van der Waals surface area contributed by atoms with Gasteiger partial charge in [-0.3, -0.25) is 4.57 Å². The van der Waals surface area contributed by atoms with Gasteiger partial charge in [-0.05, 0) is 59.1 Å². The van der Waals surface area contributed by atoms with Gasteiger partial charge in [-0.2, -0.15) is 15.1 Å². The van der Waals surface area contributed by atoms with E-state index in [9.17, 15) is 4.57 Å². The monoisotopic (exact) mass is 573 g/mol. The van der Waals surface area contributed by atoms with Crippen molar-refractivity contribution in [3.8, 4) is 0 Å². The Bertz CT molecular complexity index is 1180. The Morgan fingerprint density at radius 1 is 1.24 bits per heavy atom. The average Bonchev–Trinajstić information content (AvgIpc) is 3.51. The van der Waals surface area contributed by atoms with E-state index < -0.39 is 25.0 Å². The number of aromatic nitrogens is 4. The van der Waals surface area contributed by atoms with Crippen LogP contribution in [0.3, 0.4) is 0 Å². The van der Waals surface area contributed by atoms with E-state index in [1.807, 2.05) is 34.6 Å². The van der Waals surface area contributed by atoms with Crippen LogP contribution < -0.4 is 5.32 Å². The first-order valence-electron chi connectivity index (χ1n) is 12.8. The minimum Gasteiger partial charge on any atom is -0.367 e. The number of rotatable bonds is 8. The lowest BCUT2D eigenvalue weighted by atomic mass is 10.1. The zero-order chi connectivity index (χ0) is 26.6. The van der Waals surface area contributed by atoms with Gasteiger partial charge in [0.15, 0.2) is 17.7 Å². The van der Waals surface area contributed by atoms with Gasteiger partial charge in [0, 0.05) is 18.5 Å². The molecular formula is C24H37ClN5O5PS. The second-order valence-electron chi connectivity index (χ2n) is 11.6. The van der Waals surface area contributed by atoms with Gasteiger partial charge in [0.1, 0.15) is 18.0 Å². The normalized spacial score (nSPS) is 29.6. The molecule has 1 unspecified atom stereocenters. The molecule has 10 nitrogen and oxygen atoms in total. The van der Waals surface area contributed by atoms with Crippen LogP contribution in [0.5, 0.6) is 0 Å². The molecule has 1 aliphatic carbocycles. The molecule has 0 bridgehead atoms. The molecule has 206 valence electrons. The largest absolute Gasteiger partial charge is 0.367 e. The molecule has 5 rings (SSSR count). The Hall–Kier alpha value is -0.940. The first kappa shape index (κ1) is 27.6. The van der Waals surface area contributed by atoms with Gasteiger partial charge in [-0.1, -0.05) is 12.8 Å². The summed E-state index contributed by atoms with van der Waals surface area (Å²) in [5.41, 5.74) is 0.509. The maximum Gasteiger partial charge on any atom is 0.226 e. The SMILES string of the molecule is CC(C)(C)OP(C)(=O)CSC[C@H]1O[C@@H](n2ncc3c(NC4CCCC4)nc(Cl)nc32)[C@@H]2OC(C)(C)O[C@@H]21. The number of hydrogen-bond donors (Lipinski definition) is 1. The maximum absolute atomic E-state index is 12.9. The Labute approximate surface area is 227 Å².